The number of hydrogen-bond donors (Lipinski definition) is 2. The van der Waals surface area contributed by atoms with Crippen molar-refractivity contribution in [1.82, 2.24) is 10.6 Å². The SMILES string of the molecule is COCC(C)CNCC(=O)NC(C)C(C)C. The monoisotopic (exact) mass is 230 g/mol. The smallest absolute Gasteiger partial charge is 0.234 e. The van der Waals surface area contributed by atoms with Gasteiger partial charge in [-0.1, -0.05) is 20.8 Å². The quantitative estimate of drug-likeness (QED) is 0.654. The van der Waals surface area contributed by atoms with E-state index in [1.54, 1.807) is 7.11 Å². The van der Waals surface area contributed by atoms with E-state index in [4.69, 9.17) is 4.74 Å². The molecule has 96 valence electrons. The molecule has 0 aromatic heterocycles. The molecule has 0 heterocycles. The van der Waals surface area contributed by atoms with Crippen LogP contribution in [0, 0.1) is 11.8 Å². The molecule has 1 amide bonds. The van der Waals surface area contributed by atoms with E-state index in [-0.39, 0.29) is 11.9 Å². The van der Waals surface area contributed by atoms with Crippen molar-refractivity contribution in [3.05, 3.63) is 0 Å². The molecule has 2 unspecified atom stereocenters. The Bertz CT molecular complexity index is 195. The average Bonchev–Trinajstić information content (AvgIpc) is 2.17. The molecule has 2 N–H and O–H groups in total. The maximum atomic E-state index is 11.5. The second-order valence-electron chi connectivity index (χ2n) is 4.79. The standard InChI is InChI=1S/C12H26N2O2/c1-9(2)11(4)14-12(15)7-13-6-10(3)8-16-5/h9-11,13H,6-8H2,1-5H3,(H,14,15). The molecular weight excluding hydrogens is 204 g/mol. The summed E-state index contributed by atoms with van der Waals surface area (Å²) < 4.78 is 5.02. The van der Waals surface area contributed by atoms with Crippen molar-refractivity contribution in [2.75, 3.05) is 26.8 Å². The number of carbonyl (C=O) groups excluding carboxylic acids is 1. The van der Waals surface area contributed by atoms with Crippen LogP contribution in [0.1, 0.15) is 27.7 Å². The minimum atomic E-state index is 0.0609. The summed E-state index contributed by atoms with van der Waals surface area (Å²) in [6, 6.07) is 0.227. The molecule has 4 nitrogen and oxygen atoms in total. The third-order valence-corrected chi connectivity index (χ3v) is 2.62. The Morgan fingerprint density at radius 1 is 1.25 bits per heavy atom. The van der Waals surface area contributed by atoms with Crippen LogP contribution in [0.5, 0.6) is 0 Å². The zero-order chi connectivity index (χ0) is 12.6. The molecule has 0 saturated carbocycles. The first-order valence-electron chi connectivity index (χ1n) is 5.96. The summed E-state index contributed by atoms with van der Waals surface area (Å²) in [5.41, 5.74) is 0. The van der Waals surface area contributed by atoms with Crippen molar-refractivity contribution in [1.29, 1.82) is 0 Å². The van der Waals surface area contributed by atoms with Crippen LogP contribution >= 0.6 is 0 Å². The van der Waals surface area contributed by atoms with E-state index in [0.29, 0.717) is 18.4 Å². The molecule has 4 heteroatoms. The Morgan fingerprint density at radius 2 is 1.88 bits per heavy atom. The molecule has 0 aromatic carbocycles. The Hall–Kier alpha value is -0.610. The molecule has 0 fully saturated rings. The molecule has 0 rings (SSSR count). The minimum absolute atomic E-state index is 0.0609. The van der Waals surface area contributed by atoms with Crippen LogP contribution < -0.4 is 10.6 Å². The van der Waals surface area contributed by atoms with Gasteiger partial charge in [-0.2, -0.15) is 0 Å². The van der Waals surface area contributed by atoms with Crippen LogP contribution in [0.15, 0.2) is 0 Å². The van der Waals surface area contributed by atoms with Gasteiger partial charge in [-0.3, -0.25) is 4.79 Å². The first-order valence-corrected chi connectivity index (χ1v) is 5.96. The van der Waals surface area contributed by atoms with Crippen LogP contribution in [-0.4, -0.2) is 38.8 Å². The van der Waals surface area contributed by atoms with Gasteiger partial charge in [-0.05, 0) is 18.8 Å². The van der Waals surface area contributed by atoms with Crippen molar-refractivity contribution in [3.63, 3.8) is 0 Å². The fraction of sp³-hybridized carbons (Fsp3) is 0.917. The lowest BCUT2D eigenvalue weighted by atomic mass is 10.1. The molecule has 16 heavy (non-hydrogen) atoms. The van der Waals surface area contributed by atoms with E-state index in [1.807, 2.05) is 6.92 Å². The van der Waals surface area contributed by atoms with E-state index < -0.39 is 0 Å². The number of nitrogens with one attached hydrogen (secondary N) is 2. The highest BCUT2D eigenvalue weighted by Crippen LogP contribution is 1.98. The fourth-order valence-corrected chi connectivity index (χ4v) is 1.25. The van der Waals surface area contributed by atoms with Crippen molar-refractivity contribution >= 4 is 5.91 Å². The van der Waals surface area contributed by atoms with Crippen LogP contribution in [-0.2, 0) is 9.53 Å². The molecule has 2 atom stereocenters. The first-order chi connectivity index (χ1) is 7.47. The summed E-state index contributed by atoms with van der Waals surface area (Å²) in [5, 5.41) is 6.07. The number of hydrogen-bond acceptors (Lipinski definition) is 3. The summed E-state index contributed by atoms with van der Waals surface area (Å²) in [7, 11) is 1.69. The Kier molecular flexibility index (Phi) is 8.21. The molecule has 0 saturated heterocycles. The van der Waals surface area contributed by atoms with Gasteiger partial charge in [-0.15, -0.1) is 0 Å². The van der Waals surface area contributed by atoms with Crippen molar-refractivity contribution in [2.24, 2.45) is 11.8 Å². The van der Waals surface area contributed by atoms with E-state index in [0.717, 1.165) is 13.2 Å². The van der Waals surface area contributed by atoms with Gasteiger partial charge in [0.25, 0.3) is 0 Å². The Morgan fingerprint density at radius 3 is 2.38 bits per heavy atom. The van der Waals surface area contributed by atoms with Gasteiger partial charge in [-0.25, -0.2) is 0 Å². The van der Waals surface area contributed by atoms with Gasteiger partial charge in [0.15, 0.2) is 0 Å². The number of methoxy groups -OCH3 is 1. The van der Waals surface area contributed by atoms with E-state index in [9.17, 15) is 4.79 Å². The fourth-order valence-electron chi connectivity index (χ4n) is 1.25. The van der Waals surface area contributed by atoms with Crippen LogP contribution in [0.2, 0.25) is 0 Å². The first kappa shape index (κ1) is 15.4. The van der Waals surface area contributed by atoms with E-state index in [2.05, 4.69) is 31.4 Å². The Balaban J connectivity index is 3.58. The summed E-state index contributed by atoms with van der Waals surface area (Å²) in [4.78, 5) is 11.5. The van der Waals surface area contributed by atoms with Crippen molar-refractivity contribution < 1.29 is 9.53 Å². The third kappa shape index (κ3) is 7.65. The lowest BCUT2D eigenvalue weighted by Crippen LogP contribution is -2.42. The number of amides is 1. The summed E-state index contributed by atoms with van der Waals surface area (Å²) in [6.45, 7) is 10.2. The number of rotatable bonds is 8. The average molecular weight is 230 g/mol. The van der Waals surface area contributed by atoms with Gasteiger partial charge >= 0.3 is 0 Å². The zero-order valence-electron chi connectivity index (χ0n) is 11.2. The van der Waals surface area contributed by atoms with Gasteiger partial charge < -0.3 is 15.4 Å². The number of ether oxygens (including phenoxy) is 1. The molecule has 0 aliphatic rings. The van der Waals surface area contributed by atoms with Crippen LogP contribution in [0.25, 0.3) is 0 Å². The molecule has 0 radical (unpaired) electrons. The maximum absolute atomic E-state index is 11.5. The molecule has 0 bridgehead atoms. The van der Waals surface area contributed by atoms with E-state index in [1.165, 1.54) is 0 Å². The van der Waals surface area contributed by atoms with Gasteiger partial charge in [0, 0.05) is 26.3 Å². The molecule has 0 aromatic rings. The maximum Gasteiger partial charge on any atom is 0.234 e. The predicted molar refractivity (Wildman–Crippen MR) is 66.4 cm³/mol. The second-order valence-corrected chi connectivity index (χ2v) is 4.79. The highest BCUT2D eigenvalue weighted by atomic mass is 16.5. The minimum Gasteiger partial charge on any atom is -0.384 e. The lowest BCUT2D eigenvalue weighted by molar-refractivity contribution is -0.121. The third-order valence-electron chi connectivity index (χ3n) is 2.62. The zero-order valence-corrected chi connectivity index (χ0v) is 11.2. The summed E-state index contributed by atoms with van der Waals surface area (Å²) >= 11 is 0. The summed E-state index contributed by atoms with van der Waals surface area (Å²) in [5.74, 6) is 0.961. The van der Waals surface area contributed by atoms with Crippen LogP contribution in [0.3, 0.4) is 0 Å². The number of carbonyl (C=O) groups is 1. The highest BCUT2D eigenvalue weighted by molar-refractivity contribution is 5.78. The van der Waals surface area contributed by atoms with E-state index >= 15 is 0 Å². The summed E-state index contributed by atoms with van der Waals surface area (Å²) in [6.07, 6.45) is 0. The van der Waals surface area contributed by atoms with Crippen LogP contribution in [0.4, 0.5) is 0 Å². The van der Waals surface area contributed by atoms with Crippen molar-refractivity contribution in [3.8, 4) is 0 Å². The Labute approximate surface area is 99.1 Å². The topological polar surface area (TPSA) is 50.4 Å². The van der Waals surface area contributed by atoms with Crippen molar-refractivity contribution in [2.45, 2.75) is 33.7 Å². The normalized spacial score (nSPS) is 14.9. The molecule has 0 aliphatic carbocycles. The van der Waals surface area contributed by atoms with Gasteiger partial charge in [0.05, 0.1) is 6.54 Å². The highest BCUT2D eigenvalue weighted by Gasteiger charge is 2.10. The molecule has 0 aliphatic heterocycles. The molecule has 0 spiro atoms. The molecular formula is C12H26N2O2. The van der Waals surface area contributed by atoms with Gasteiger partial charge in [0.2, 0.25) is 5.91 Å². The largest absolute Gasteiger partial charge is 0.384 e. The lowest BCUT2D eigenvalue weighted by Gasteiger charge is -2.18. The second kappa shape index (κ2) is 8.53. The van der Waals surface area contributed by atoms with Gasteiger partial charge in [0.1, 0.15) is 0 Å². The predicted octanol–water partition coefficient (Wildman–Crippen LogP) is 1.02.